The average molecular weight is 391 g/mol. The number of likely N-dealkylation sites (N-methyl/N-ethyl adjacent to an activating group) is 1. The third kappa shape index (κ3) is 5.22. The van der Waals surface area contributed by atoms with Crippen molar-refractivity contribution in [3.05, 3.63) is 27.7 Å². The molecular formula is C16H20Cl2N2O5. The Hall–Kier alpha value is -1.54. The maximum atomic E-state index is 12.1. The van der Waals surface area contributed by atoms with Crippen molar-refractivity contribution >= 4 is 40.8 Å². The number of benzene rings is 1. The highest BCUT2D eigenvalue weighted by Crippen LogP contribution is 2.34. The van der Waals surface area contributed by atoms with Crippen molar-refractivity contribution in [3.8, 4) is 0 Å². The third-order valence-electron chi connectivity index (χ3n) is 3.81. The first-order chi connectivity index (χ1) is 11.8. The Bertz CT molecular complexity index is 656. The molecule has 1 heterocycles. The minimum absolute atomic E-state index is 0.0744. The normalized spacial score (nSPS) is 17.6. The van der Waals surface area contributed by atoms with Crippen molar-refractivity contribution in [2.24, 2.45) is 0 Å². The van der Waals surface area contributed by atoms with Crippen LogP contribution in [0.1, 0.15) is 10.4 Å². The molecule has 25 heavy (non-hydrogen) atoms. The lowest BCUT2D eigenvalue weighted by Crippen LogP contribution is -2.48. The van der Waals surface area contributed by atoms with Gasteiger partial charge in [-0.15, -0.1) is 0 Å². The molecule has 2 rings (SSSR count). The molecule has 0 aliphatic carbocycles. The van der Waals surface area contributed by atoms with Gasteiger partial charge in [0.05, 0.1) is 42.6 Å². The summed E-state index contributed by atoms with van der Waals surface area (Å²) in [5.41, 5.74) is 0.839. The Kier molecular flexibility index (Phi) is 6.89. The summed E-state index contributed by atoms with van der Waals surface area (Å²) >= 11 is 12.3. The lowest BCUT2D eigenvalue weighted by molar-refractivity contribution is -0.138. The minimum atomic E-state index is -0.899. The molecular weight excluding hydrogens is 371 g/mol. The van der Waals surface area contributed by atoms with E-state index in [1.807, 2.05) is 4.90 Å². The van der Waals surface area contributed by atoms with Crippen LogP contribution in [-0.2, 0) is 14.3 Å². The SMILES string of the molecule is COC(=O)c1cc(Cl)cc(Cl)c1N1CCOC(CN(C)CC(=O)O)C1. The molecule has 1 aromatic rings. The van der Waals surface area contributed by atoms with Gasteiger partial charge in [-0.3, -0.25) is 9.69 Å². The van der Waals surface area contributed by atoms with E-state index in [-0.39, 0.29) is 12.6 Å². The van der Waals surface area contributed by atoms with Crippen molar-refractivity contribution < 1.29 is 24.2 Å². The van der Waals surface area contributed by atoms with Crippen LogP contribution in [0.15, 0.2) is 12.1 Å². The molecule has 1 aliphatic heterocycles. The predicted octanol–water partition coefficient (Wildman–Crippen LogP) is 2.00. The molecule has 0 radical (unpaired) electrons. The number of esters is 1. The number of hydrogen-bond donors (Lipinski definition) is 1. The fourth-order valence-electron chi connectivity index (χ4n) is 2.83. The second kappa shape index (κ2) is 8.71. The number of rotatable bonds is 6. The highest BCUT2D eigenvalue weighted by Gasteiger charge is 2.28. The largest absolute Gasteiger partial charge is 0.480 e. The van der Waals surface area contributed by atoms with Crippen LogP contribution in [0.5, 0.6) is 0 Å². The van der Waals surface area contributed by atoms with Crippen LogP contribution >= 0.6 is 23.2 Å². The van der Waals surface area contributed by atoms with Crippen molar-refractivity contribution in [2.45, 2.75) is 6.10 Å². The maximum absolute atomic E-state index is 12.1. The number of methoxy groups -OCH3 is 1. The van der Waals surface area contributed by atoms with E-state index < -0.39 is 11.9 Å². The predicted molar refractivity (Wildman–Crippen MR) is 94.9 cm³/mol. The van der Waals surface area contributed by atoms with Gasteiger partial charge in [0.1, 0.15) is 0 Å². The fraction of sp³-hybridized carbons (Fsp3) is 0.500. The Balaban J connectivity index is 2.20. The summed E-state index contributed by atoms with van der Waals surface area (Å²) in [6.45, 7) is 1.82. The van der Waals surface area contributed by atoms with Crippen LogP contribution in [-0.4, -0.2) is 75.0 Å². The topological polar surface area (TPSA) is 79.3 Å². The molecule has 1 saturated heterocycles. The first-order valence-electron chi connectivity index (χ1n) is 7.66. The molecule has 1 atom stereocenters. The Labute approximate surface area is 156 Å². The molecule has 1 aromatic carbocycles. The molecule has 1 unspecified atom stereocenters. The van der Waals surface area contributed by atoms with Gasteiger partial charge in [-0.05, 0) is 19.2 Å². The number of nitrogens with zero attached hydrogens (tertiary/aromatic N) is 2. The quantitative estimate of drug-likeness (QED) is 0.743. The molecule has 0 aromatic heterocycles. The van der Waals surface area contributed by atoms with Gasteiger partial charge in [-0.2, -0.15) is 0 Å². The van der Waals surface area contributed by atoms with Crippen LogP contribution in [0.25, 0.3) is 0 Å². The molecule has 0 spiro atoms. The summed E-state index contributed by atoms with van der Waals surface area (Å²) in [4.78, 5) is 26.5. The summed E-state index contributed by atoms with van der Waals surface area (Å²) < 4.78 is 10.5. The van der Waals surface area contributed by atoms with Crippen molar-refractivity contribution in [1.82, 2.24) is 4.90 Å². The molecule has 1 aliphatic rings. The van der Waals surface area contributed by atoms with Crippen LogP contribution < -0.4 is 4.90 Å². The lowest BCUT2D eigenvalue weighted by atomic mass is 10.1. The standard InChI is InChI=1S/C16H20Cl2N2O5/c1-19(9-14(21)22)7-11-8-20(3-4-25-11)15-12(16(23)24-2)5-10(17)6-13(15)18/h5-6,11H,3-4,7-9H2,1-2H3,(H,21,22). The highest BCUT2D eigenvalue weighted by atomic mass is 35.5. The van der Waals surface area contributed by atoms with E-state index in [0.29, 0.717) is 47.5 Å². The molecule has 7 nitrogen and oxygen atoms in total. The summed E-state index contributed by atoms with van der Waals surface area (Å²) in [6.07, 6.45) is -0.213. The number of carboxylic acid groups (broad SMARTS) is 1. The first-order valence-corrected chi connectivity index (χ1v) is 8.41. The van der Waals surface area contributed by atoms with Gasteiger partial charge in [0.15, 0.2) is 0 Å². The summed E-state index contributed by atoms with van der Waals surface area (Å²) in [6, 6.07) is 3.10. The zero-order valence-electron chi connectivity index (χ0n) is 14.0. The number of anilines is 1. The van der Waals surface area contributed by atoms with E-state index in [1.165, 1.54) is 13.2 Å². The second-order valence-electron chi connectivity index (χ2n) is 5.80. The van der Waals surface area contributed by atoms with E-state index in [1.54, 1.807) is 18.0 Å². The number of aliphatic carboxylic acids is 1. The zero-order valence-corrected chi connectivity index (χ0v) is 15.5. The third-order valence-corrected chi connectivity index (χ3v) is 4.32. The molecule has 9 heteroatoms. The van der Waals surface area contributed by atoms with E-state index in [9.17, 15) is 9.59 Å². The van der Waals surface area contributed by atoms with E-state index >= 15 is 0 Å². The van der Waals surface area contributed by atoms with E-state index in [2.05, 4.69) is 0 Å². The molecule has 0 bridgehead atoms. The second-order valence-corrected chi connectivity index (χ2v) is 6.65. The average Bonchev–Trinajstić information content (AvgIpc) is 2.52. The van der Waals surface area contributed by atoms with Crippen LogP contribution in [0, 0.1) is 0 Å². The number of morpholine rings is 1. The summed E-state index contributed by atoms with van der Waals surface area (Å²) in [7, 11) is 3.01. The summed E-state index contributed by atoms with van der Waals surface area (Å²) in [5, 5.41) is 9.56. The molecule has 1 fully saturated rings. The van der Waals surface area contributed by atoms with Crippen LogP contribution in [0.3, 0.4) is 0 Å². The van der Waals surface area contributed by atoms with Gasteiger partial charge in [-0.25, -0.2) is 4.79 Å². The number of carbonyl (C=O) groups excluding carboxylic acids is 1. The van der Waals surface area contributed by atoms with Gasteiger partial charge in [0.25, 0.3) is 0 Å². The Morgan fingerprint density at radius 1 is 1.44 bits per heavy atom. The van der Waals surface area contributed by atoms with E-state index in [0.717, 1.165) is 0 Å². The molecule has 0 saturated carbocycles. The minimum Gasteiger partial charge on any atom is -0.480 e. The number of hydrogen-bond acceptors (Lipinski definition) is 6. The summed E-state index contributed by atoms with van der Waals surface area (Å²) in [5.74, 6) is -1.42. The number of carboxylic acids is 1. The van der Waals surface area contributed by atoms with Gasteiger partial charge >= 0.3 is 11.9 Å². The van der Waals surface area contributed by atoms with Crippen molar-refractivity contribution in [2.75, 3.05) is 51.8 Å². The van der Waals surface area contributed by atoms with Crippen LogP contribution in [0.2, 0.25) is 10.0 Å². The van der Waals surface area contributed by atoms with Crippen LogP contribution in [0.4, 0.5) is 5.69 Å². The Morgan fingerprint density at radius 3 is 2.80 bits per heavy atom. The maximum Gasteiger partial charge on any atom is 0.340 e. The number of ether oxygens (including phenoxy) is 2. The zero-order chi connectivity index (χ0) is 18.6. The van der Waals surface area contributed by atoms with E-state index in [4.69, 9.17) is 37.8 Å². The van der Waals surface area contributed by atoms with Gasteiger partial charge in [-0.1, -0.05) is 23.2 Å². The molecule has 138 valence electrons. The highest BCUT2D eigenvalue weighted by molar-refractivity contribution is 6.37. The van der Waals surface area contributed by atoms with Crippen molar-refractivity contribution in [3.63, 3.8) is 0 Å². The fourth-order valence-corrected chi connectivity index (χ4v) is 3.44. The monoisotopic (exact) mass is 390 g/mol. The van der Waals surface area contributed by atoms with Crippen molar-refractivity contribution in [1.29, 1.82) is 0 Å². The molecule has 1 N–H and O–H groups in total. The van der Waals surface area contributed by atoms with Gasteiger partial charge in [0.2, 0.25) is 0 Å². The number of carbonyl (C=O) groups is 2. The number of halogens is 2. The first kappa shape index (κ1) is 19.8. The molecule has 0 amide bonds. The van der Waals surface area contributed by atoms with Gasteiger partial charge < -0.3 is 19.5 Å². The Morgan fingerprint density at radius 2 is 2.16 bits per heavy atom. The van der Waals surface area contributed by atoms with Gasteiger partial charge in [0, 0.05) is 24.7 Å². The lowest BCUT2D eigenvalue weighted by Gasteiger charge is -2.37. The smallest absolute Gasteiger partial charge is 0.340 e.